The fraction of sp³-hybridized carbons (Fsp3) is 0.615. The first kappa shape index (κ1) is 11.9. The number of anilines is 1. The number of piperazine rings is 1. The molecule has 3 rings (SSSR count). The standard InChI is InChI=1S/C13H19FN4/c14-12-2-1-4-16-13(12)18-8-6-17(7-9-18)11-3-5-15-10-11/h1-2,4,11,15H,3,5-10H2. The Kier molecular flexibility index (Phi) is 3.43. The van der Waals surface area contributed by atoms with Crippen molar-refractivity contribution in [3.8, 4) is 0 Å². The molecular formula is C13H19FN4. The predicted octanol–water partition coefficient (Wildman–Crippen LogP) is 0.705. The maximum Gasteiger partial charge on any atom is 0.165 e. The fourth-order valence-corrected chi connectivity index (χ4v) is 2.86. The van der Waals surface area contributed by atoms with Crippen LogP contribution < -0.4 is 10.2 Å². The van der Waals surface area contributed by atoms with Crippen LogP contribution in [0.1, 0.15) is 6.42 Å². The minimum absolute atomic E-state index is 0.214. The lowest BCUT2D eigenvalue weighted by Crippen LogP contribution is -2.51. The van der Waals surface area contributed by atoms with Gasteiger partial charge in [-0.25, -0.2) is 9.37 Å². The Labute approximate surface area is 107 Å². The normalized spacial score (nSPS) is 25.6. The highest BCUT2D eigenvalue weighted by Crippen LogP contribution is 2.19. The van der Waals surface area contributed by atoms with Gasteiger partial charge in [-0.2, -0.15) is 0 Å². The molecule has 1 unspecified atom stereocenters. The van der Waals surface area contributed by atoms with Crippen molar-refractivity contribution in [3.05, 3.63) is 24.1 Å². The van der Waals surface area contributed by atoms with Crippen LogP contribution in [0.5, 0.6) is 0 Å². The first-order chi connectivity index (χ1) is 8.84. The van der Waals surface area contributed by atoms with Gasteiger partial charge in [-0.3, -0.25) is 4.90 Å². The summed E-state index contributed by atoms with van der Waals surface area (Å²) in [5.41, 5.74) is 0. The maximum absolute atomic E-state index is 13.6. The molecular weight excluding hydrogens is 231 g/mol. The van der Waals surface area contributed by atoms with Crippen molar-refractivity contribution in [1.82, 2.24) is 15.2 Å². The van der Waals surface area contributed by atoms with Gasteiger partial charge in [0.25, 0.3) is 0 Å². The number of hydrogen-bond donors (Lipinski definition) is 1. The summed E-state index contributed by atoms with van der Waals surface area (Å²) in [6.07, 6.45) is 2.89. The van der Waals surface area contributed by atoms with Crippen molar-refractivity contribution >= 4 is 5.82 Å². The number of aromatic nitrogens is 1. The molecule has 2 aliphatic rings. The number of nitrogens with one attached hydrogen (secondary N) is 1. The number of pyridine rings is 1. The first-order valence-corrected chi connectivity index (χ1v) is 6.65. The van der Waals surface area contributed by atoms with Crippen molar-refractivity contribution < 1.29 is 4.39 Å². The van der Waals surface area contributed by atoms with E-state index in [4.69, 9.17) is 0 Å². The summed E-state index contributed by atoms with van der Waals surface area (Å²) in [5.74, 6) is 0.287. The SMILES string of the molecule is Fc1cccnc1N1CCN(C2CCNC2)CC1. The lowest BCUT2D eigenvalue weighted by Gasteiger charge is -2.38. The molecule has 0 saturated carbocycles. The minimum Gasteiger partial charge on any atom is -0.352 e. The molecule has 0 amide bonds. The van der Waals surface area contributed by atoms with Gasteiger partial charge >= 0.3 is 0 Å². The molecule has 2 fully saturated rings. The molecule has 18 heavy (non-hydrogen) atoms. The third-order valence-corrected chi connectivity index (χ3v) is 3.90. The largest absolute Gasteiger partial charge is 0.352 e. The second-order valence-corrected chi connectivity index (χ2v) is 4.98. The van der Waals surface area contributed by atoms with Gasteiger partial charge < -0.3 is 10.2 Å². The van der Waals surface area contributed by atoms with Crippen LogP contribution in [0.2, 0.25) is 0 Å². The molecule has 0 aromatic carbocycles. The zero-order valence-electron chi connectivity index (χ0n) is 10.5. The van der Waals surface area contributed by atoms with Crippen LogP contribution in [0.4, 0.5) is 10.2 Å². The lowest BCUT2D eigenvalue weighted by atomic mass is 10.2. The Balaban J connectivity index is 1.61. The monoisotopic (exact) mass is 250 g/mol. The Morgan fingerprint density at radius 2 is 2.11 bits per heavy atom. The van der Waals surface area contributed by atoms with Gasteiger partial charge in [-0.05, 0) is 25.1 Å². The van der Waals surface area contributed by atoms with Gasteiger partial charge in [0.2, 0.25) is 0 Å². The smallest absolute Gasteiger partial charge is 0.165 e. The molecule has 98 valence electrons. The van der Waals surface area contributed by atoms with E-state index in [-0.39, 0.29) is 5.82 Å². The molecule has 0 spiro atoms. The second-order valence-electron chi connectivity index (χ2n) is 4.98. The molecule has 1 N–H and O–H groups in total. The zero-order valence-corrected chi connectivity index (χ0v) is 10.5. The molecule has 3 heterocycles. The van der Waals surface area contributed by atoms with E-state index < -0.39 is 0 Å². The number of rotatable bonds is 2. The van der Waals surface area contributed by atoms with Crippen LogP contribution in [0.3, 0.4) is 0 Å². The number of nitrogens with zero attached hydrogens (tertiary/aromatic N) is 3. The molecule has 0 aliphatic carbocycles. The topological polar surface area (TPSA) is 31.4 Å². The summed E-state index contributed by atoms with van der Waals surface area (Å²) < 4.78 is 13.6. The Morgan fingerprint density at radius 1 is 1.28 bits per heavy atom. The maximum atomic E-state index is 13.6. The summed E-state index contributed by atoms with van der Waals surface area (Å²) in [6, 6.07) is 3.79. The summed E-state index contributed by atoms with van der Waals surface area (Å²) in [5, 5.41) is 3.39. The summed E-state index contributed by atoms with van der Waals surface area (Å²) in [4.78, 5) is 8.71. The highest BCUT2D eigenvalue weighted by Gasteiger charge is 2.27. The molecule has 0 radical (unpaired) electrons. The fourth-order valence-electron chi connectivity index (χ4n) is 2.86. The number of hydrogen-bond acceptors (Lipinski definition) is 4. The lowest BCUT2D eigenvalue weighted by molar-refractivity contribution is 0.196. The summed E-state index contributed by atoms with van der Waals surface area (Å²) in [6.45, 7) is 5.96. The minimum atomic E-state index is -0.214. The third kappa shape index (κ3) is 2.33. The van der Waals surface area contributed by atoms with Crippen LogP contribution in [0, 0.1) is 5.82 Å². The first-order valence-electron chi connectivity index (χ1n) is 6.65. The van der Waals surface area contributed by atoms with Gasteiger partial charge in [0.05, 0.1) is 0 Å². The molecule has 1 aromatic heterocycles. The van der Waals surface area contributed by atoms with E-state index in [9.17, 15) is 4.39 Å². The average molecular weight is 250 g/mol. The quantitative estimate of drug-likeness (QED) is 0.837. The van der Waals surface area contributed by atoms with E-state index in [0.717, 1.165) is 39.3 Å². The molecule has 2 saturated heterocycles. The Morgan fingerprint density at radius 3 is 2.78 bits per heavy atom. The van der Waals surface area contributed by atoms with Gasteiger partial charge in [-0.1, -0.05) is 0 Å². The Bertz CT molecular complexity index is 398. The van der Waals surface area contributed by atoms with Crippen LogP contribution in [0.25, 0.3) is 0 Å². The van der Waals surface area contributed by atoms with Crippen molar-refractivity contribution in [1.29, 1.82) is 0 Å². The van der Waals surface area contributed by atoms with E-state index >= 15 is 0 Å². The van der Waals surface area contributed by atoms with Crippen molar-refractivity contribution in [2.45, 2.75) is 12.5 Å². The average Bonchev–Trinajstić information content (AvgIpc) is 2.94. The van der Waals surface area contributed by atoms with Crippen LogP contribution in [-0.2, 0) is 0 Å². The number of halogens is 1. The summed E-state index contributed by atoms with van der Waals surface area (Å²) >= 11 is 0. The van der Waals surface area contributed by atoms with Crippen molar-refractivity contribution in [2.24, 2.45) is 0 Å². The van der Waals surface area contributed by atoms with Gasteiger partial charge in [-0.15, -0.1) is 0 Å². The zero-order chi connectivity index (χ0) is 12.4. The summed E-state index contributed by atoms with van der Waals surface area (Å²) in [7, 11) is 0. The van der Waals surface area contributed by atoms with Crippen LogP contribution >= 0.6 is 0 Å². The molecule has 2 aliphatic heterocycles. The highest BCUT2D eigenvalue weighted by atomic mass is 19.1. The van der Waals surface area contributed by atoms with Crippen molar-refractivity contribution in [3.63, 3.8) is 0 Å². The molecule has 0 bridgehead atoms. The van der Waals surface area contributed by atoms with Crippen LogP contribution in [0.15, 0.2) is 18.3 Å². The molecule has 1 aromatic rings. The van der Waals surface area contributed by atoms with E-state index in [1.807, 2.05) is 4.90 Å². The molecule has 4 nitrogen and oxygen atoms in total. The van der Waals surface area contributed by atoms with Gasteiger partial charge in [0.1, 0.15) is 0 Å². The van der Waals surface area contributed by atoms with Crippen molar-refractivity contribution in [2.75, 3.05) is 44.2 Å². The van der Waals surface area contributed by atoms with Crippen LogP contribution in [-0.4, -0.2) is 55.2 Å². The Hall–Kier alpha value is -1.20. The van der Waals surface area contributed by atoms with E-state index in [0.29, 0.717) is 11.9 Å². The predicted molar refractivity (Wildman–Crippen MR) is 69.3 cm³/mol. The molecule has 5 heteroatoms. The van der Waals surface area contributed by atoms with E-state index in [2.05, 4.69) is 15.2 Å². The third-order valence-electron chi connectivity index (χ3n) is 3.90. The van der Waals surface area contributed by atoms with E-state index in [1.54, 1.807) is 12.3 Å². The second kappa shape index (κ2) is 5.20. The highest BCUT2D eigenvalue weighted by molar-refractivity contribution is 5.40. The van der Waals surface area contributed by atoms with E-state index in [1.165, 1.54) is 12.5 Å². The van der Waals surface area contributed by atoms with Gasteiger partial charge in [0, 0.05) is 45.0 Å². The molecule has 1 atom stereocenters. The van der Waals surface area contributed by atoms with Gasteiger partial charge in [0.15, 0.2) is 11.6 Å².